The second kappa shape index (κ2) is 2.97. The van der Waals surface area contributed by atoms with Crippen LogP contribution in [0.25, 0.3) is 0 Å². The summed E-state index contributed by atoms with van der Waals surface area (Å²) in [5.74, 6) is 1.97. The van der Waals surface area contributed by atoms with Crippen LogP contribution in [0.15, 0.2) is 12.2 Å². The van der Waals surface area contributed by atoms with Crippen molar-refractivity contribution < 1.29 is 9.31 Å². The third-order valence-corrected chi connectivity index (χ3v) is 3.15. The summed E-state index contributed by atoms with van der Waals surface area (Å²) in [6.45, 7) is 8.22. The number of H-pyrrole nitrogens is 1. The average Bonchev–Trinajstić information content (AvgIpc) is 2.58. The van der Waals surface area contributed by atoms with E-state index < -0.39 is 0 Å². The monoisotopic (exact) mass is 191 g/mol. The summed E-state index contributed by atoms with van der Waals surface area (Å²) in [5.41, 5.74) is 0.535. The second-order valence-corrected chi connectivity index (χ2v) is 4.73. The molecule has 0 spiro atoms. The number of aromatic amines is 1. The maximum absolute atomic E-state index is 5.87. The van der Waals surface area contributed by atoms with Crippen molar-refractivity contribution in [1.82, 2.24) is 4.89 Å². The standard InChI is InChI=1S/C9H15B2NO2/c1-8(2)9(3,4)14-11(13-8)7-5-10-12-6-7/h5-6,12H,1-4H3. The molecular formula is C9H15B2NO2. The molecule has 5 heteroatoms. The Morgan fingerprint density at radius 3 is 2.21 bits per heavy atom. The van der Waals surface area contributed by atoms with Crippen LogP contribution in [0.2, 0.25) is 0 Å². The summed E-state index contributed by atoms with van der Waals surface area (Å²) in [4.78, 5) is 3.00. The summed E-state index contributed by atoms with van der Waals surface area (Å²) in [6.07, 6.45) is 1.90. The Kier molecular flexibility index (Phi) is 2.12. The molecule has 1 N–H and O–H groups in total. The molecule has 1 aliphatic heterocycles. The minimum atomic E-state index is -0.255. The summed E-state index contributed by atoms with van der Waals surface area (Å²) in [6, 6.07) is 0. The van der Waals surface area contributed by atoms with E-state index in [1.165, 1.54) is 0 Å². The molecule has 1 fully saturated rings. The van der Waals surface area contributed by atoms with Gasteiger partial charge in [-0.15, -0.1) is 0 Å². The zero-order chi connectivity index (χ0) is 10.4. The molecule has 74 valence electrons. The first-order valence-corrected chi connectivity index (χ1v) is 4.91. The molecule has 1 aliphatic rings. The van der Waals surface area contributed by atoms with E-state index in [-0.39, 0.29) is 18.3 Å². The van der Waals surface area contributed by atoms with E-state index in [0.717, 1.165) is 5.46 Å². The Morgan fingerprint density at radius 2 is 1.79 bits per heavy atom. The van der Waals surface area contributed by atoms with Gasteiger partial charge in [-0.2, -0.15) is 0 Å². The Morgan fingerprint density at radius 1 is 1.21 bits per heavy atom. The fraction of sp³-hybridized carbons (Fsp3) is 0.667. The maximum atomic E-state index is 5.87. The van der Waals surface area contributed by atoms with Gasteiger partial charge in [0, 0.05) is 0 Å². The first kappa shape index (κ1) is 9.99. The number of hydrogen-bond acceptors (Lipinski definition) is 2. The molecule has 0 unspecified atom stereocenters. The number of rotatable bonds is 1. The van der Waals surface area contributed by atoms with Crippen LogP contribution in [-0.4, -0.2) is 30.3 Å². The molecular weight excluding hydrogens is 176 g/mol. The van der Waals surface area contributed by atoms with E-state index in [4.69, 9.17) is 9.31 Å². The van der Waals surface area contributed by atoms with Gasteiger partial charge in [-0.3, -0.25) is 0 Å². The van der Waals surface area contributed by atoms with Gasteiger partial charge >= 0.3 is 84.9 Å². The van der Waals surface area contributed by atoms with Gasteiger partial charge in [-0.05, 0) is 0 Å². The predicted molar refractivity (Wildman–Crippen MR) is 57.9 cm³/mol. The van der Waals surface area contributed by atoms with Crippen LogP contribution in [0.1, 0.15) is 27.7 Å². The van der Waals surface area contributed by atoms with Crippen molar-refractivity contribution >= 4 is 19.6 Å². The Labute approximate surface area is 85.6 Å². The topological polar surface area (TPSA) is 34.2 Å². The van der Waals surface area contributed by atoms with E-state index in [0.29, 0.717) is 0 Å². The third kappa shape index (κ3) is 1.44. The number of aromatic nitrogens is 1. The third-order valence-electron chi connectivity index (χ3n) is 3.15. The van der Waals surface area contributed by atoms with Crippen LogP contribution in [0.4, 0.5) is 0 Å². The predicted octanol–water partition coefficient (Wildman–Crippen LogP) is 0.652. The van der Waals surface area contributed by atoms with Gasteiger partial charge in [0.1, 0.15) is 0 Å². The van der Waals surface area contributed by atoms with Gasteiger partial charge in [0.25, 0.3) is 0 Å². The minimum absolute atomic E-state index is 0.244. The molecule has 0 aliphatic carbocycles. The van der Waals surface area contributed by atoms with Gasteiger partial charge in [0.2, 0.25) is 0 Å². The zero-order valence-corrected chi connectivity index (χ0v) is 9.13. The Bertz CT molecular complexity index is 306. The molecule has 14 heavy (non-hydrogen) atoms. The Balaban J connectivity index is 2.22. The first-order chi connectivity index (χ1) is 6.42. The number of hydrogen-bond donors (Lipinski definition) is 1. The molecule has 0 amide bonds. The molecule has 0 aromatic carbocycles. The molecule has 0 bridgehead atoms. The van der Waals surface area contributed by atoms with E-state index in [1.54, 1.807) is 0 Å². The van der Waals surface area contributed by atoms with Gasteiger partial charge in [-0.25, -0.2) is 0 Å². The van der Waals surface area contributed by atoms with Crippen molar-refractivity contribution in [3.05, 3.63) is 12.2 Å². The zero-order valence-electron chi connectivity index (χ0n) is 9.13. The van der Waals surface area contributed by atoms with Gasteiger partial charge in [0.15, 0.2) is 0 Å². The van der Waals surface area contributed by atoms with Crippen molar-refractivity contribution in [3.63, 3.8) is 0 Å². The fourth-order valence-corrected chi connectivity index (χ4v) is 1.46. The van der Waals surface area contributed by atoms with Crippen LogP contribution in [0.5, 0.6) is 0 Å². The van der Waals surface area contributed by atoms with E-state index in [1.807, 2.05) is 19.2 Å². The van der Waals surface area contributed by atoms with Crippen molar-refractivity contribution in [3.8, 4) is 0 Å². The molecule has 0 atom stereocenters. The first-order valence-electron chi connectivity index (χ1n) is 4.91. The molecule has 1 aromatic heterocycles. The van der Waals surface area contributed by atoms with Crippen LogP contribution < -0.4 is 5.46 Å². The average molecular weight is 191 g/mol. The summed E-state index contributed by atoms with van der Waals surface area (Å²) in [7, 11) is 1.63. The molecule has 3 nitrogen and oxygen atoms in total. The molecule has 0 radical (unpaired) electrons. The Hall–Kier alpha value is -0.540. The normalized spacial score (nSPS) is 23.9. The van der Waals surface area contributed by atoms with Crippen LogP contribution in [-0.2, 0) is 9.31 Å². The van der Waals surface area contributed by atoms with Gasteiger partial charge in [0.05, 0.1) is 0 Å². The molecule has 2 heterocycles. The van der Waals surface area contributed by atoms with Crippen molar-refractivity contribution in [1.29, 1.82) is 0 Å². The SMILES string of the molecule is CC1(C)OB(c2cb[nH]c2)OC1(C)C. The second-order valence-electron chi connectivity index (χ2n) is 4.73. The van der Waals surface area contributed by atoms with E-state index >= 15 is 0 Å². The summed E-state index contributed by atoms with van der Waals surface area (Å²) in [5, 5.41) is 0. The molecule has 2 rings (SSSR count). The van der Waals surface area contributed by atoms with Crippen molar-refractivity contribution in [2.75, 3.05) is 0 Å². The fourth-order valence-electron chi connectivity index (χ4n) is 1.46. The van der Waals surface area contributed by atoms with Gasteiger partial charge < -0.3 is 0 Å². The molecule has 1 aromatic rings. The van der Waals surface area contributed by atoms with Crippen LogP contribution in [0.3, 0.4) is 0 Å². The van der Waals surface area contributed by atoms with Crippen LogP contribution >= 0.6 is 0 Å². The summed E-state index contributed by atoms with van der Waals surface area (Å²) >= 11 is 0. The van der Waals surface area contributed by atoms with Crippen LogP contribution in [0, 0.1) is 0 Å². The summed E-state index contributed by atoms with van der Waals surface area (Å²) < 4.78 is 11.7. The van der Waals surface area contributed by atoms with Gasteiger partial charge in [-0.1, -0.05) is 0 Å². The number of nitrogens with one attached hydrogen (secondary N) is 1. The van der Waals surface area contributed by atoms with Crippen molar-refractivity contribution in [2.45, 2.75) is 38.9 Å². The van der Waals surface area contributed by atoms with Crippen molar-refractivity contribution in [2.24, 2.45) is 0 Å². The van der Waals surface area contributed by atoms with E-state index in [9.17, 15) is 0 Å². The quantitative estimate of drug-likeness (QED) is 0.661. The van der Waals surface area contributed by atoms with E-state index in [2.05, 4.69) is 32.6 Å². The molecule has 1 saturated heterocycles. The molecule has 0 saturated carbocycles.